The van der Waals surface area contributed by atoms with E-state index in [1.54, 1.807) is 7.05 Å². The Kier molecular flexibility index (Phi) is 5.80. The number of hydrogen-bond donors (Lipinski definition) is 2. The SMILES string of the molecule is CCCCCC1=C(NC)C(=O)C(C2C=C(C)CCC2)=C(O)C1=O. The fourth-order valence-electron chi connectivity index (χ4n) is 3.50. The first-order valence-corrected chi connectivity index (χ1v) is 8.62. The lowest BCUT2D eigenvalue weighted by molar-refractivity contribution is -0.119. The average Bonchev–Trinajstić information content (AvgIpc) is 2.53. The fraction of sp³-hybridized carbons (Fsp3) is 0.579. The summed E-state index contributed by atoms with van der Waals surface area (Å²) in [4.78, 5) is 25.4. The summed E-state index contributed by atoms with van der Waals surface area (Å²) in [5, 5.41) is 13.3. The second-order valence-corrected chi connectivity index (χ2v) is 6.49. The number of hydrogen-bond acceptors (Lipinski definition) is 4. The number of carbonyl (C=O) groups is 2. The third kappa shape index (κ3) is 3.57. The zero-order valence-electron chi connectivity index (χ0n) is 14.4. The number of unbranched alkanes of at least 4 members (excludes halogenated alkanes) is 2. The molecule has 0 spiro atoms. The molecule has 0 bridgehead atoms. The van der Waals surface area contributed by atoms with E-state index in [0.29, 0.717) is 17.7 Å². The molecule has 0 aliphatic heterocycles. The van der Waals surface area contributed by atoms with Gasteiger partial charge in [0.05, 0.1) is 11.3 Å². The van der Waals surface area contributed by atoms with Crippen LogP contribution in [0.1, 0.15) is 58.8 Å². The molecule has 2 N–H and O–H groups in total. The molecular formula is C19H27NO3. The summed E-state index contributed by atoms with van der Waals surface area (Å²) in [5.74, 6) is -1.08. The number of Topliss-reactive ketones (excluding diaryl/α,β-unsaturated/α-hetero) is 2. The predicted octanol–water partition coefficient (Wildman–Crippen LogP) is 3.75. The third-order valence-corrected chi connectivity index (χ3v) is 4.74. The Morgan fingerprint density at radius 3 is 2.61 bits per heavy atom. The van der Waals surface area contributed by atoms with Crippen LogP contribution in [0.5, 0.6) is 0 Å². The van der Waals surface area contributed by atoms with Crippen molar-refractivity contribution in [2.75, 3.05) is 7.05 Å². The summed E-state index contributed by atoms with van der Waals surface area (Å²) < 4.78 is 0. The minimum atomic E-state index is -0.378. The Balaban J connectivity index is 2.35. The van der Waals surface area contributed by atoms with Gasteiger partial charge in [-0.2, -0.15) is 0 Å². The van der Waals surface area contributed by atoms with Gasteiger partial charge in [0.15, 0.2) is 5.76 Å². The molecule has 0 heterocycles. The molecule has 1 atom stereocenters. The summed E-state index contributed by atoms with van der Waals surface area (Å²) >= 11 is 0. The van der Waals surface area contributed by atoms with Crippen LogP contribution in [0, 0.1) is 5.92 Å². The minimum Gasteiger partial charge on any atom is -0.504 e. The monoisotopic (exact) mass is 317 g/mol. The molecule has 1 unspecified atom stereocenters. The van der Waals surface area contributed by atoms with E-state index in [4.69, 9.17) is 0 Å². The van der Waals surface area contributed by atoms with Gasteiger partial charge in [0.25, 0.3) is 0 Å². The van der Waals surface area contributed by atoms with Gasteiger partial charge in [0.1, 0.15) is 0 Å². The van der Waals surface area contributed by atoms with E-state index < -0.39 is 0 Å². The van der Waals surface area contributed by atoms with E-state index in [-0.39, 0.29) is 28.8 Å². The molecule has 0 aromatic carbocycles. The quantitative estimate of drug-likeness (QED) is 0.445. The molecule has 0 aromatic rings. The number of aliphatic hydroxyl groups excluding tert-OH is 1. The second kappa shape index (κ2) is 7.62. The molecule has 2 rings (SSSR count). The zero-order valence-corrected chi connectivity index (χ0v) is 14.4. The number of allylic oxidation sites excluding steroid dienone is 4. The molecule has 0 saturated carbocycles. The molecule has 0 amide bonds. The van der Waals surface area contributed by atoms with Crippen molar-refractivity contribution in [3.8, 4) is 0 Å². The van der Waals surface area contributed by atoms with Crippen LogP contribution in [0.3, 0.4) is 0 Å². The molecule has 23 heavy (non-hydrogen) atoms. The topological polar surface area (TPSA) is 66.4 Å². The van der Waals surface area contributed by atoms with Crippen LogP contribution in [0.4, 0.5) is 0 Å². The average molecular weight is 317 g/mol. The lowest BCUT2D eigenvalue weighted by atomic mass is 9.78. The van der Waals surface area contributed by atoms with Crippen molar-refractivity contribution in [1.82, 2.24) is 5.32 Å². The summed E-state index contributed by atoms with van der Waals surface area (Å²) in [6, 6.07) is 0. The van der Waals surface area contributed by atoms with Crippen LogP contribution in [0.2, 0.25) is 0 Å². The van der Waals surface area contributed by atoms with Gasteiger partial charge in [-0.05, 0) is 39.0 Å². The van der Waals surface area contributed by atoms with Gasteiger partial charge in [-0.1, -0.05) is 31.4 Å². The highest BCUT2D eigenvalue weighted by Crippen LogP contribution is 2.35. The first-order chi connectivity index (χ1) is 11.0. The number of rotatable bonds is 6. The van der Waals surface area contributed by atoms with Crippen LogP contribution in [-0.4, -0.2) is 23.7 Å². The predicted molar refractivity (Wildman–Crippen MR) is 91.0 cm³/mol. The number of aliphatic hydroxyl groups is 1. The molecule has 0 saturated heterocycles. The summed E-state index contributed by atoms with van der Waals surface area (Å²) in [6.45, 7) is 4.12. The van der Waals surface area contributed by atoms with E-state index >= 15 is 0 Å². The maximum absolute atomic E-state index is 12.8. The fourth-order valence-corrected chi connectivity index (χ4v) is 3.50. The van der Waals surface area contributed by atoms with E-state index in [0.717, 1.165) is 38.5 Å². The Bertz CT molecular complexity index is 596. The lowest BCUT2D eigenvalue weighted by Gasteiger charge is -2.27. The third-order valence-electron chi connectivity index (χ3n) is 4.74. The molecular weight excluding hydrogens is 290 g/mol. The standard InChI is InChI=1S/C19H27NO3/c1-4-5-6-10-14-16(20-3)18(22)15(19(23)17(14)21)13-9-7-8-12(2)11-13/h11,13,20,23H,4-10H2,1-3H3. The lowest BCUT2D eigenvalue weighted by Crippen LogP contribution is -2.33. The van der Waals surface area contributed by atoms with Gasteiger partial charge >= 0.3 is 0 Å². The highest BCUT2D eigenvalue weighted by Gasteiger charge is 2.37. The maximum atomic E-state index is 12.8. The molecule has 2 aliphatic rings. The van der Waals surface area contributed by atoms with E-state index in [1.165, 1.54) is 5.57 Å². The normalized spacial score (nSPS) is 22.6. The van der Waals surface area contributed by atoms with Crippen LogP contribution >= 0.6 is 0 Å². The largest absolute Gasteiger partial charge is 0.504 e. The van der Waals surface area contributed by atoms with Crippen molar-refractivity contribution in [2.24, 2.45) is 5.92 Å². The van der Waals surface area contributed by atoms with Gasteiger partial charge in [-0.15, -0.1) is 0 Å². The first kappa shape index (κ1) is 17.5. The Labute approximate surface area is 138 Å². The van der Waals surface area contributed by atoms with Gasteiger partial charge in [0.2, 0.25) is 11.6 Å². The number of carbonyl (C=O) groups excluding carboxylic acids is 2. The minimum absolute atomic E-state index is 0.152. The molecule has 4 heteroatoms. The number of likely N-dealkylation sites (N-methyl/N-ethyl adjacent to an activating group) is 1. The van der Waals surface area contributed by atoms with Crippen LogP contribution in [0.25, 0.3) is 0 Å². The van der Waals surface area contributed by atoms with E-state index in [1.807, 2.05) is 13.0 Å². The molecule has 0 fully saturated rings. The van der Waals surface area contributed by atoms with Gasteiger partial charge in [-0.25, -0.2) is 0 Å². The van der Waals surface area contributed by atoms with Crippen LogP contribution in [0.15, 0.2) is 34.3 Å². The molecule has 4 nitrogen and oxygen atoms in total. The summed E-state index contributed by atoms with van der Waals surface area (Å²) in [7, 11) is 1.67. The van der Waals surface area contributed by atoms with Gasteiger partial charge < -0.3 is 10.4 Å². The van der Waals surface area contributed by atoms with Crippen molar-refractivity contribution < 1.29 is 14.7 Å². The van der Waals surface area contributed by atoms with Crippen LogP contribution < -0.4 is 5.32 Å². The Hall–Kier alpha value is -1.84. The molecule has 0 aromatic heterocycles. The zero-order chi connectivity index (χ0) is 17.0. The second-order valence-electron chi connectivity index (χ2n) is 6.49. The van der Waals surface area contributed by atoms with Crippen molar-refractivity contribution >= 4 is 11.6 Å². The first-order valence-electron chi connectivity index (χ1n) is 8.62. The van der Waals surface area contributed by atoms with Gasteiger partial charge in [0, 0.05) is 18.5 Å². The molecule has 0 radical (unpaired) electrons. The van der Waals surface area contributed by atoms with E-state index in [2.05, 4.69) is 12.2 Å². The number of ketones is 2. The van der Waals surface area contributed by atoms with Gasteiger partial charge in [-0.3, -0.25) is 9.59 Å². The van der Waals surface area contributed by atoms with Crippen molar-refractivity contribution in [2.45, 2.75) is 58.8 Å². The molecule has 2 aliphatic carbocycles. The van der Waals surface area contributed by atoms with Crippen molar-refractivity contribution in [3.63, 3.8) is 0 Å². The highest BCUT2D eigenvalue weighted by molar-refractivity contribution is 6.24. The number of nitrogens with one attached hydrogen (secondary N) is 1. The summed E-state index contributed by atoms with van der Waals surface area (Å²) in [6.07, 6.45) is 8.25. The van der Waals surface area contributed by atoms with Crippen molar-refractivity contribution in [1.29, 1.82) is 0 Å². The van der Waals surface area contributed by atoms with E-state index in [9.17, 15) is 14.7 Å². The Morgan fingerprint density at radius 1 is 1.26 bits per heavy atom. The Morgan fingerprint density at radius 2 is 2.00 bits per heavy atom. The van der Waals surface area contributed by atoms with Crippen LogP contribution in [-0.2, 0) is 9.59 Å². The highest BCUT2D eigenvalue weighted by atomic mass is 16.3. The molecule has 126 valence electrons. The van der Waals surface area contributed by atoms with Crippen molar-refractivity contribution in [3.05, 3.63) is 34.3 Å². The summed E-state index contributed by atoms with van der Waals surface area (Å²) in [5.41, 5.74) is 2.29. The smallest absolute Gasteiger partial charge is 0.225 e. The maximum Gasteiger partial charge on any atom is 0.225 e.